The first-order chi connectivity index (χ1) is 16.9. The zero-order chi connectivity index (χ0) is 26.3. The number of rotatable bonds is 8. The molecule has 1 saturated heterocycles. The number of thiophene rings is 1. The summed E-state index contributed by atoms with van der Waals surface area (Å²) in [5.74, 6) is -0.445. The first-order valence-electron chi connectivity index (χ1n) is 11.2. The van der Waals surface area contributed by atoms with E-state index in [9.17, 15) is 21.6 Å². The third-order valence-electron chi connectivity index (χ3n) is 5.99. The molecule has 0 radical (unpaired) electrons. The van der Waals surface area contributed by atoms with Crippen LogP contribution in [0.2, 0.25) is 4.34 Å². The molecule has 196 valence electrons. The molecular weight excluding hydrogens is 564 g/mol. The lowest BCUT2D eigenvalue weighted by Crippen LogP contribution is -2.45. The molecule has 9 nitrogen and oxygen atoms in total. The van der Waals surface area contributed by atoms with Crippen molar-refractivity contribution in [1.82, 2.24) is 14.2 Å². The predicted octanol–water partition coefficient (Wildman–Crippen LogP) is 3.41. The van der Waals surface area contributed by atoms with Crippen LogP contribution in [0.4, 0.5) is 5.13 Å². The monoisotopic (exact) mass is 590 g/mol. The van der Waals surface area contributed by atoms with Gasteiger partial charge in [0.1, 0.15) is 4.21 Å². The third kappa shape index (κ3) is 5.93. The third-order valence-corrected chi connectivity index (χ3v) is 11.7. The number of likely N-dealkylation sites (N-methyl/N-ethyl adjacent to an activating group) is 1. The first-order valence-corrected chi connectivity index (χ1v) is 16.5. The van der Waals surface area contributed by atoms with E-state index in [0.29, 0.717) is 45.6 Å². The van der Waals surface area contributed by atoms with Crippen molar-refractivity contribution in [2.45, 2.75) is 21.9 Å². The Morgan fingerprint density at radius 3 is 2.36 bits per heavy atom. The van der Waals surface area contributed by atoms with Crippen molar-refractivity contribution in [1.29, 1.82) is 0 Å². The van der Waals surface area contributed by atoms with Gasteiger partial charge in [-0.15, -0.1) is 11.3 Å². The number of sulfone groups is 1. The second kappa shape index (κ2) is 10.6. The average Bonchev–Trinajstić information content (AvgIpc) is 3.44. The largest absolute Gasteiger partial charge is 0.308 e. The molecule has 1 aromatic carbocycles. The minimum atomic E-state index is -3.64. The van der Waals surface area contributed by atoms with Gasteiger partial charge in [-0.25, -0.2) is 21.8 Å². The lowest BCUT2D eigenvalue weighted by molar-refractivity contribution is -0.123. The normalized spacial score (nSPS) is 16.1. The molecule has 1 aliphatic rings. The summed E-state index contributed by atoms with van der Waals surface area (Å²) in [6, 6.07) is 7.82. The maximum atomic E-state index is 13.6. The number of halogens is 1. The van der Waals surface area contributed by atoms with Gasteiger partial charge in [0.2, 0.25) is 5.91 Å². The molecule has 3 aromatic rings. The number of hydrogen-bond donors (Lipinski definition) is 0. The Morgan fingerprint density at radius 2 is 1.78 bits per heavy atom. The Kier molecular flexibility index (Phi) is 8.10. The van der Waals surface area contributed by atoms with Crippen LogP contribution in [0.1, 0.15) is 12.8 Å². The molecule has 0 unspecified atom stereocenters. The number of thiazole rings is 1. The molecule has 1 aliphatic heterocycles. The van der Waals surface area contributed by atoms with E-state index >= 15 is 0 Å². The van der Waals surface area contributed by atoms with Crippen LogP contribution >= 0.6 is 34.3 Å². The topological polar surface area (TPSA) is 108 Å². The summed E-state index contributed by atoms with van der Waals surface area (Å²) < 4.78 is 52.5. The molecule has 0 N–H and O–H groups in total. The van der Waals surface area contributed by atoms with Gasteiger partial charge >= 0.3 is 0 Å². The number of nitrogens with zero attached hydrogens (tertiary/aromatic N) is 4. The summed E-state index contributed by atoms with van der Waals surface area (Å²) in [6.07, 6.45) is 1.96. The Morgan fingerprint density at radius 1 is 1.08 bits per heavy atom. The molecule has 2 aromatic heterocycles. The van der Waals surface area contributed by atoms with Crippen LogP contribution in [0.5, 0.6) is 0 Å². The molecule has 0 aliphatic carbocycles. The fourth-order valence-corrected chi connectivity index (χ4v) is 8.83. The van der Waals surface area contributed by atoms with E-state index in [1.807, 2.05) is 19.0 Å². The van der Waals surface area contributed by atoms with Crippen molar-refractivity contribution in [3.63, 3.8) is 0 Å². The van der Waals surface area contributed by atoms with E-state index in [1.54, 1.807) is 23.1 Å². The Hall–Kier alpha value is -1.61. The van der Waals surface area contributed by atoms with Gasteiger partial charge < -0.3 is 4.90 Å². The van der Waals surface area contributed by atoms with Gasteiger partial charge in [-0.2, -0.15) is 4.31 Å². The van der Waals surface area contributed by atoms with Crippen LogP contribution < -0.4 is 4.90 Å². The minimum Gasteiger partial charge on any atom is -0.308 e. The smallest absolute Gasteiger partial charge is 0.252 e. The molecule has 0 saturated carbocycles. The van der Waals surface area contributed by atoms with Gasteiger partial charge in [0.25, 0.3) is 10.0 Å². The van der Waals surface area contributed by atoms with Gasteiger partial charge in [-0.3, -0.25) is 9.69 Å². The van der Waals surface area contributed by atoms with Gasteiger partial charge in [0.15, 0.2) is 15.0 Å². The van der Waals surface area contributed by atoms with Gasteiger partial charge in [0.05, 0.1) is 19.4 Å². The highest BCUT2D eigenvalue weighted by molar-refractivity contribution is 7.91. The zero-order valence-corrected chi connectivity index (χ0v) is 24.1. The zero-order valence-electron chi connectivity index (χ0n) is 20.0. The molecule has 36 heavy (non-hydrogen) atoms. The standard InChI is InChI=1S/C22H27ClN4O5S4/c1-25(2)12-13-27(22-24-17-5-4-16(35(3,29)30)14-18(17)33-22)21(28)15-8-10-26(11-9-15)36(31,32)20-7-6-19(23)34-20/h4-7,14-15H,8-13H2,1-3H3. The number of benzene rings is 1. The molecular formula is C22H27ClN4O5S4. The van der Waals surface area contributed by atoms with Crippen molar-refractivity contribution in [2.24, 2.45) is 5.92 Å². The van der Waals surface area contributed by atoms with Gasteiger partial charge in [-0.1, -0.05) is 22.9 Å². The lowest BCUT2D eigenvalue weighted by Gasteiger charge is -2.33. The molecule has 0 spiro atoms. The number of aromatic nitrogens is 1. The maximum absolute atomic E-state index is 13.6. The van der Waals surface area contributed by atoms with E-state index in [-0.39, 0.29) is 34.0 Å². The van der Waals surface area contributed by atoms with Crippen LogP contribution in [0.15, 0.2) is 39.4 Å². The van der Waals surface area contributed by atoms with Crippen molar-refractivity contribution >= 4 is 75.4 Å². The Labute approximate surface area is 224 Å². The second-order valence-electron chi connectivity index (χ2n) is 8.93. The molecule has 0 atom stereocenters. The molecule has 4 rings (SSSR count). The van der Waals surface area contributed by atoms with E-state index in [2.05, 4.69) is 4.98 Å². The predicted molar refractivity (Wildman–Crippen MR) is 144 cm³/mol. The highest BCUT2D eigenvalue weighted by Crippen LogP contribution is 2.34. The number of amides is 1. The van der Waals surface area contributed by atoms with Crippen LogP contribution in [0.3, 0.4) is 0 Å². The molecule has 1 amide bonds. The summed E-state index contributed by atoms with van der Waals surface area (Å²) in [7, 11) is -3.17. The molecule has 0 bridgehead atoms. The van der Waals surface area contributed by atoms with Crippen molar-refractivity contribution in [3.05, 3.63) is 34.7 Å². The van der Waals surface area contributed by atoms with Gasteiger partial charge in [-0.05, 0) is 57.3 Å². The molecule has 3 heterocycles. The highest BCUT2D eigenvalue weighted by atomic mass is 35.5. The summed E-state index contributed by atoms with van der Waals surface area (Å²) >= 11 is 8.22. The fourth-order valence-electron chi connectivity index (χ4n) is 3.97. The molecule has 14 heteroatoms. The van der Waals surface area contributed by atoms with Crippen LogP contribution in [0, 0.1) is 5.92 Å². The van der Waals surface area contributed by atoms with Crippen LogP contribution in [-0.2, 0) is 24.7 Å². The quantitative estimate of drug-likeness (QED) is 0.395. The number of carbonyl (C=O) groups is 1. The molecule has 1 fully saturated rings. The number of piperidine rings is 1. The second-order valence-corrected chi connectivity index (χ2v) is 15.8. The number of fused-ring (bicyclic) bond motifs is 1. The number of carbonyl (C=O) groups excluding carboxylic acids is 1. The summed E-state index contributed by atoms with van der Waals surface area (Å²) in [5.41, 5.74) is 0.626. The summed E-state index contributed by atoms with van der Waals surface area (Å²) in [5, 5.41) is 0.505. The Bertz CT molecular complexity index is 1470. The fraction of sp³-hybridized carbons (Fsp3) is 0.455. The van der Waals surface area contributed by atoms with E-state index in [4.69, 9.17) is 11.6 Å². The van der Waals surface area contributed by atoms with Crippen molar-refractivity contribution in [2.75, 3.05) is 51.4 Å². The highest BCUT2D eigenvalue weighted by Gasteiger charge is 2.35. The van der Waals surface area contributed by atoms with E-state index < -0.39 is 19.9 Å². The van der Waals surface area contributed by atoms with Crippen molar-refractivity contribution in [3.8, 4) is 0 Å². The van der Waals surface area contributed by atoms with E-state index in [0.717, 1.165) is 17.6 Å². The Balaban J connectivity index is 1.54. The van der Waals surface area contributed by atoms with Crippen molar-refractivity contribution < 1.29 is 21.6 Å². The summed E-state index contributed by atoms with van der Waals surface area (Å²) in [4.78, 5) is 22.1. The van der Waals surface area contributed by atoms with Crippen LogP contribution in [-0.4, -0.2) is 83.5 Å². The SMILES string of the molecule is CN(C)CCN(C(=O)C1CCN(S(=O)(=O)c2ccc(Cl)s2)CC1)c1nc2ccc(S(C)(=O)=O)cc2s1. The number of anilines is 1. The lowest BCUT2D eigenvalue weighted by atomic mass is 9.96. The summed E-state index contributed by atoms with van der Waals surface area (Å²) in [6.45, 7) is 1.51. The minimum absolute atomic E-state index is 0.101. The maximum Gasteiger partial charge on any atom is 0.252 e. The number of hydrogen-bond acceptors (Lipinski definition) is 9. The first kappa shape index (κ1) is 27.4. The van der Waals surface area contributed by atoms with Crippen LogP contribution in [0.25, 0.3) is 10.2 Å². The average molecular weight is 591 g/mol. The van der Waals surface area contributed by atoms with E-state index in [1.165, 1.54) is 27.8 Å². The van der Waals surface area contributed by atoms with Gasteiger partial charge in [0, 0.05) is 38.4 Å². The number of sulfonamides is 1.